The van der Waals surface area contributed by atoms with Crippen molar-refractivity contribution in [2.45, 2.75) is 6.42 Å². The van der Waals surface area contributed by atoms with Crippen LogP contribution >= 0.6 is 43.5 Å². The summed E-state index contributed by atoms with van der Waals surface area (Å²) in [6.45, 7) is 0.711. The van der Waals surface area contributed by atoms with Crippen molar-refractivity contribution in [3.63, 3.8) is 0 Å². The van der Waals surface area contributed by atoms with E-state index in [4.69, 9.17) is 11.6 Å². The smallest absolute Gasteiger partial charge is 0.227 e. The molecule has 0 radical (unpaired) electrons. The molecule has 2 rings (SSSR count). The molecule has 1 saturated heterocycles. The van der Waals surface area contributed by atoms with E-state index in [0.717, 1.165) is 14.6 Å². The van der Waals surface area contributed by atoms with E-state index in [1.807, 2.05) is 18.2 Å². The highest BCUT2D eigenvalue weighted by atomic mass is 79.9. The minimum absolute atomic E-state index is 0.147. The minimum Gasteiger partial charge on any atom is -0.311 e. The average Bonchev–Trinajstić information content (AvgIpc) is 2.60. The van der Waals surface area contributed by atoms with Gasteiger partial charge in [-0.3, -0.25) is 4.79 Å². The van der Waals surface area contributed by atoms with Gasteiger partial charge in [-0.05, 0) is 40.0 Å². The zero-order valence-electron chi connectivity index (χ0n) is 8.42. The first kappa shape index (κ1) is 12.4. The maximum Gasteiger partial charge on any atom is 0.227 e. The lowest BCUT2D eigenvalue weighted by Gasteiger charge is -2.18. The molecule has 1 aromatic carbocycles. The molecule has 5 heteroatoms. The average molecular weight is 367 g/mol. The van der Waals surface area contributed by atoms with Crippen LogP contribution < -0.4 is 4.90 Å². The number of carbonyl (C=O) groups excluding carboxylic acids is 1. The summed E-state index contributed by atoms with van der Waals surface area (Å²) < 4.78 is 1.91. The van der Waals surface area contributed by atoms with Gasteiger partial charge in [0.1, 0.15) is 0 Å². The van der Waals surface area contributed by atoms with Crippen LogP contribution in [0.1, 0.15) is 6.42 Å². The van der Waals surface area contributed by atoms with Gasteiger partial charge in [0.05, 0.1) is 5.69 Å². The van der Waals surface area contributed by atoms with Crippen LogP contribution in [0.2, 0.25) is 0 Å². The van der Waals surface area contributed by atoms with Crippen molar-refractivity contribution in [1.82, 2.24) is 0 Å². The molecule has 1 heterocycles. The largest absolute Gasteiger partial charge is 0.311 e. The second-order valence-corrected chi connectivity index (χ2v) is 5.90. The molecule has 1 amide bonds. The fourth-order valence-corrected chi connectivity index (χ4v) is 3.29. The van der Waals surface area contributed by atoms with E-state index in [2.05, 4.69) is 31.9 Å². The van der Waals surface area contributed by atoms with Crippen LogP contribution in [0.25, 0.3) is 0 Å². The second kappa shape index (κ2) is 5.07. The number of nitrogens with zero attached hydrogens (tertiary/aromatic N) is 1. The Morgan fingerprint density at radius 1 is 1.44 bits per heavy atom. The maximum atomic E-state index is 11.8. The number of anilines is 1. The lowest BCUT2D eigenvalue weighted by Crippen LogP contribution is -2.24. The third-order valence-electron chi connectivity index (χ3n) is 2.62. The first-order valence-corrected chi connectivity index (χ1v) is 7.05. The topological polar surface area (TPSA) is 20.3 Å². The van der Waals surface area contributed by atoms with Crippen molar-refractivity contribution in [3.8, 4) is 0 Å². The van der Waals surface area contributed by atoms with Gasteiger partial charge in [-0.15, -0.1) is 11.6 Å². The minimum atomic E-state index is 0.147. The van der Waals surface area contributed by atoms with Gasteiger partial charge in [0.15, 0.2) is 0 Å². The summed E-state index contributed by atoms with van der Waals surface area (Å²) in [5, 5.41) is 0. The monoisotopic (exact) mass is 365 g/mol. The lowest BCUT2D eigenvalue weighted by molar-refractivity contribution is -0.117. The standard InChI is InChI=1S/C11H10Br2ClNO/c12-8-1-2-10(9(13)4-8)15-6-7(5-14)3-11(15)16/h1-2,4,7H,3,5-6H2. The highest BCUT2D eigenvalue weighted by Crippen LogP contribution is 2.33. The van der Waals surface area contributed by atoms with Crippen molar-refractivity contribution in [2.75, 3.05) is 17.3 Å². The zero-order chi connectivity index (χ0) is 11.7. The molecule has 0 bridgehead atoms. The van der Waals surface area contributed by atoms with E-state index >= 15 is 0 Å². The quantitative estimate of drug-likeness (QED) is 0.728. The van der Waals surface area contributed by atoms with E-state index in [1.165, 1.54) is 0 Å². The van der Waals surface area contributed by atoms with Crippen LogP contribution in [0.3, 0.4) is 0 Å². The van der Waals surface area contributed by atoms with Gasteiger partial charge in [-0.2, -0.15) is 0 Å². The van der Waals surface area contributed by atoms with E-state index in [-0.39, 0.29) is 11.8 Å². The van der Waals surface area contributed by atoms with Gasteiger partial charge >= 0.3 is 0 Å². The van der Waals surface area contributed by atoms with Crippen molar-refractivity contribution < 1.29 is 4.79 Å². The predicted octanol–water partition coefficient (Wildman–Crippen LogP) is 3.80. The van der Waals surface area contributed by atoms with Crippen LogP contribution in [0, 0.1) is 5.92 Å². The Hall–Kier alpha value is -0.0600. The summed E-state index contributed by atoms with van der Waals surface area (Å²) >= 11 is 12.7. The molecular weight excluding hydrogens is 357 g/mol. The Morgan fingerprint density at radius 3 is 2.75 bits per heavy atom. The lowest BCUT2D eigenvalue weighted by atomic mass is 10.1. The molecule has 2 nitrogen and oxygen atoms in total. The number of benzene rings is 1. The van der Waals surface area contributed by atoms with E-state index in [1.54, 1.807) is 4.90 Å². The molecule has 1 aromatic rings. The van der Waals surface area contributed by atoms with Gasteiger partial charge in [-0.1, -0.05) is 15.9 Å². The summed E-state index contributed by atoms with van der Waals surface area (Å²) in [6, 6.07) is 5.81. The fourth-order valence-electron chi connectivity index (χ4n) is 1.82. The Morgan fingerprint density at radius 2 is 2.19 bits per heavy atom. The number of carbonyl (C=O) groups is 1. The molecule has 0 aliphatic carbocycles. The molecule has 0 aromatic heterocycles. The maximum absolute atomic E-state index is 11.8. The number of amides is 1. The molecule has 1 aliphatic heterocycles. The van der Waals surface area contributed by atoms with Gasteiger partial charge in [-0.25, -0.2) is 0 Å². The zero-order valence-corrected chi connectivity index (χ0v) is 12.3. The second-order valence-electron chi connectivity index (χ2n) is 3.82. The molecule has 1 aliphatic rings. The molecule has 1 atom stereocenters. The van der Waals surface area contributed by atoms with Crippen LogP contribution in [-0.2, 0) is 4.79 Å². The van der Waals surface area contributed by atoms with Crippen molar-refractivity contribution in [1.29, 1.82) is 0 Å². The van der Waals surface area contributed by atoms with Crippen LogP contribution in [0.15, 0.2) is 27.1 Å². The van der Waals surface area contributed by atoms with E-state index in [9.17, 15) is 4.79 Å². The SMILES string of the molecule is O=C1CC(CCl)CN1c1ccc(Br)cc1Br. The Bertz CT molecular complexity index is 424. The van der Waals surface area contributed by atoms with Gasteiger partial charge in [0.25, 0.3) is 0 Å². The van der Waals surface area contributed by atoms with E-state index < -0.39 is 0 Å². The summed E-state index contributed by atoms with van der Waals surface area (Å²) in [4.78, 5) is 13.6. The van der Waals surface area contributed by atoms with Gasteiger partial charge < -0.3 is 4.90 Å². The molecule has 1 fully saturated rings. The molecule has 0 saturated carbocycles. The first-order chi connectivity index (χ1) is 7.61. The van der Waals surface area contributed by atoms with Crippen LogP contribution in [0.4, 0.5) is 5.69 Å². The van der Waals surface area contributed by atoms with Crippen molar-refractivity contribution in [3.05, 3.63) is 27.1 Å². The number of hydrogen-bond donors (Lipinski definition) is 0. The molecule has 86 valence electrons. The Kier molecular flexibility index (Phi) is 3.93. The number of halogens is 3. The number of rotatable bonds is 2. The summed E-state index contributed by atoms with van der Waals surface area (Å²) in [5.41, 5.74) is 0.917. The molecular formula is C11H10Br2ClNO. The Balaban J connectivity index is 2.28. The van der Waals surface area contributed by atoms with Gasteiger partial charge in [0.2, 0.25) is 5.91 Å². The normalized spacial score (nSPS) is 20.6. The molecule has 0 spiro atoms. The molecule has 16 heavy (non-hydrogen) atoms. The summed E-state index contributed by atoms with van der Waals surface area (Å²) in [5.74, 6) is 0.953. The third-order valence-corrected chi connectivity index (χ3v) is 4.19. The van der Waals surface area contributed by atoms with E-state index in [0.29, 0.717) is 18.8 Å². The predicted molar refractivity (Wildman–Crippen MR) is 73.0 cm³/mol. The molecule has 1 unspecified atom stereocenters. The van der Waals surface area contributed by atoms with Crippen LogP contribution in [-0.4, -0.2) is 18.3 Å². The summed E-state index contributed by atoms with van der Waals surface area (Å²) in [7, 11) is 0. The third kappa shape index (κ3) is 2.44. The van der Waals surface area contributed by atoms with Crippen molar-refractivity contribution >= 4 is 55.1 Å². The summed E-state index contributed by atoms with van der Waals surface area (Å²) in [6.07, 6.45) is 0.548. The van der Waals surface area contributed by atoms with Crippen molar-refractivity contribution in [2.24, 2.45) is 5.92 Å². The highest BCUT2D eigenvalue weighted by Gasteiger charge is 2.30. The molecule has 0 N–H and O–H groups in total. The number of alkyl halides is 1. The first-order valence-electron chi connectivity index (χ1n) is 4.93. The fraction of sp³-hybridized carbons (Fsp3) is 0.364. The Labute approximate surface area is 116 Å². The number of hydrogen-bond acceptors (Lipinski definition) is 1. The highest BCUT2D eigenvalue weighted by molar-refractivity contribution is 9.11. The van der Waals surface area contributed by atoms with Crippen LogP contribution in [0.5, 0.6) is 0 Å². The van der Waals surface area contributed by atoms with Gasteiger partial charge in [0, 0.05) is 27.8 Å².